The maximum atomic E-state index is 9.90. The van der Waals surface area contributed by atoms with E-state index < -0.39 is 0 Å². The van der Waals surface area contributed by atoms with E-state index in [0.29, 0.717) is 0 Å². The summed E-state index contributed by atoms with van der Waals surface area (Å²) < 4.78 is 0. The molecule has 0 bridgehead atoms. The van der Waals surface area contributed by atoms with Gasteiger partial charge < -0.3 is 21.1 Å². The molecule has 4 N–H and O–H groups in total. The number of phenols is 1. The number of benzene rings is 2. The number of hydrazine groups is 1. The highest BCUT2D eigenvalue weighted by atomic mass is 16.3. The van der Waals surface area contributed by atoms with Crippen LogP contribution in [0.2, 0.25) is 0 Å². The van der Waals surface area contributed by atoms with Gasteiger partial charge in [0.25, 0.3) is 0 Å². The fraction of sp³-hybridized carbons (Fsp3) is 0.222. The predicted molar refractivity (Wildman–Crippen MR) is 89.5 cm³/mol. The van der Waals surface area contributed by atoms with Crippen molar-refractivity contribution < 1.29 is 10.2 Å². The van der Waals surface area contributed by atoms with Gasteiger partial charge in [-0.2, -0.15) is 0 Å². The topological polar surface area (TPSA) is 64.5 Å². The molecule has 0 saturated heterocycles. The van der Waals surface area contributed by atoms with Crippen molar-refractivity contribution in [2.45, 2.75) is 19.3 Å². The summed E-state index contributed by atoms with van der Waals surface area (Å²) in [6.07, 6.45) is 6.76. The zero-order valence-corrected chi connectivity index (χ0v) is 12.3. The number of nitrogens with one attached hydrogen (secondary N) is 2. The Morgan fingerprint density at radius 3 is 2.45 bits per heavy atom. The third-order valence-corrected chi connectivity index (χ3v) is 3.93. The lowest BCUT2D eigenvalue weighted by Crippen LogP contribution is -2.22. The SMILES string of the molecule is OCCC1=CC=C(NNc2ccc(O)c3ccccc23)CC1. The van der Waals surface area contributed by atoms with Gasteiger partial charge in [-0.3, -0.25) is 0 Å². The van der Waals surface area contributed by atoms with Crippen LogP contribution in [-0.2, 0) is 0 Å². The van der Waals surface area contributed by atoms with Gasteiger partial charge in [0.2, 0.25) is 0 Å². The summed E-state index contributed by atoms with van der Waals surface area (Å²) in [6.45, 7) is 0.209. The normalized spacial score (nSPS) is 14.4. The fourth-order valence-corrected chi connectivity index (χ4v) is 2.68. The van der Waals surface area contributed by atoms with Crippen molar-refractivity contribution in [3.63, 3.8) is 0 Å². The number of aromatic hydroxyl groups is 1. The van der Waals surface area contributed by atoms with Gasteiger partial charge >= 0.3 is 0 Å². The lowest BCUT2D eigenvalue weighted by Gasteiger charge is -2.18. The zero-order valence-electron chi connectivity index (χ0n) is 12.3. The van der Waals surface area contributed by atoms with Crippen LogP contribution in [0.15, 0.2) is 59.8 Å². The number of hydrogen-bond donors (Lipinski definition) is 4. The van der Waals surface area contributed by atoms with Crippen LogP contribution < -0.4 is 10.9 Å². The first-order valence-corrected chi connectivity index (χ1v) is 7.50. The third kappa shape index (κ3) is 3.07. The molecule has 1 aliphatic rings. The Balaban J connectivity index is 1.74. The van der Waals surface area contributed by atoms with Gasteiger partial charge in [-0.1, -0.05) is 35.9 Å². The van der Waals surface area contributed by atoms with Crippen LogP contribution in [0, 0.1) is 0 Å². The Labute approximate surface area is 129 Å². The Kier molecular flexibility index (Phi) is 4.30. The number of allylic oxidation sites excluding steroid dienone is 3. The van der Waals surface area contributed by atoms with E-state index in [1.54, 1.807) is 6.07 Å². The average Bonchev–Trinajstić information content (AvgIpc) is 2.56. The van der Waals surface area contributed by atoms with E-state index in [2.05, 4.69) is 16.9 Å². The Bertz CT molecular complexity index is 735. The number of fused-ring (bicyclic) bond motifs is 1. The first-order chi connectivity index (χ1) is 10.8. The van der Waals surface area contributed by atoms with Crippen molar-refractivity contribution in [3.05, 3.63) is 59.8 Å². The molecule has 0 saturated carbocycles. The van der Waals surface area contributed by atoms with Gasteiger partial charge in [0, 0.05) is 23.1 Å². The van der Waals surface area contributed by atoms with E-state index in [4.69, 9.17) is 5.11 Å². The maximum absolute atomic E-state index is 9.90. The van der Waals surface area contributed by atoms with Crippen molar-refractivity contribution in [1.82, 2.24) is 5.43 Å². The molecule has 1 aliphatic carbocycles. The van der Waals surface area contributed by atoms with Crippen LogP contribution in [0.3, 0.4) is 0 Å². The highest BCUT2D eigenvalue weighted by molar-refractivity contribution is 5.97. The summed E-state index contributed by atoms with van der Waals surface area (Å²) in [5.74, 6) is 0.287. The highest BCUT2D eigenvalue weighted by Crippen LogP contribution is 2.30. The molecule has 0 atom stereocenters. The fourth-order valence-electron chi connectivity index (χ4n) is 2.68. The molecule has 0 fully saturated rings. The predicted octanol–water partition coefficient (Wildman–Crippen LogP) is 3.45. The second-order valence-corrected chi connectivity index (χ2v) is 5.42. The molecule has 0 spiro atoms. The van der Waals surface area contributed by atoms with E-state index in [0.717, 1.165) is 41.4 Å². The lowest BCUT2D eigenvalue weighted by molar-refractivity contribution is 0.297. The summed E-state index contributed by atoms with van der Waals surface area (Å²) in [5, 5.41) is 20.7. The molecule has 114 valence electrons. The van der Waals surface area contributed by atoms with E-state index in [1.165, 1.54) is 5.57 Å². The van der Waals surface area contributed by atoms with Crippen LogP contribution >= 0.6 is 0 Å². The number of rotatable bonds is 5. The first kappa shape index (κ1) is 14.5. The van der Waals surface area contributed by atoms with E-state index in [1.807, 2.05) is 36.4 Å². The van der Waals surface area contributed by atoms with Crippen molar-refractivity contribution in [2.24, 2.45) is 0 Å². The Hall–Kier alpha value is -2.46. The quantitative estimate of drug-likeness (QED) is 0.504. The summed E-state index contributed by atoms with van der Waals surface area (Å²) in [4.78, 5) is 0. The minimum atomic E-state index is 0.209. The summed E-state index contributed by atoms with van der Waals surface area (Å²) in [7, 11) is 0. The molecular formula is C18H20N2O2. The largest absolute Gasteiger partial charge is 0.507 e. The molecule has 0 aliphatic heterocycles. The van der Waals surface area contributed by atoms with E-state index in [-0.39, 0.29) is 12.4 Å². The molecule has 4 nitrogen and oxygen atoms in total. The number of anilines is 1. The molecule has 0 unspecified atom stereocenters. The van der Waals surface area contributed by atoms with Crippen molar-refractivity contribution in [2.75, 3.05) is 12.0 Å². The van der Waals surface area contributed by atoms with Gasteiger partial charge in [0.05, 0.1) is 5.69 Å². The van der Waals surface area contributed by atoms with Crippen LogP contribution in [-0.4, -0.2) is 16.8 Å². The average molecular weight is 296 g/mol. The summed E-state index contributed by atoms with van der Waals surface area (Å²) in [6, 6.07) is 11.3. The first-order valence-electron chi connectivity index (χ1n) is 7.50. The van der Waals surface area contributed by atoms with Crippen LogP contribution in [0.1, 0.15) is 19.3 Å². The molecule has 4 heteroatoms. The number of phenolic OH excluding ortho intramolecular Hbond substituents is 1. The lowest BCUT2D eigenvalue weighted by atomic mass is 10.0. The van der Waals surface area contributed by atoms with E-state index >= 15 is 0 Å². The second-order valence-electron chi connectivity index (χ2n) is 5.42. The van der Waals surface area contributed by atoms with Crippen molar-refractivity contribution >= 4 is 16.5 Å². The van der Waals surface area contributed by atoms with Crippen molar-refractivity contribution in [3.8, 4) is 5.75 Å². The second kappa shape index (κ2) is 6.54. The zero-order chi connectivity index (χ0) is 15.4. The molecule has 22 heavy (non-hydrogen) atoms. The molecule has 0 amide bonds. The van der Waals surface area contributed by atoms with Gasteiger partial charge in [-0.05, 0) is 37.5 Å². The standard InChI is InChI=1S/C18H20N2O2/c21-12-11-13-5-7-14(8-6-13)19-20-17-9-10-18(22)16-4-2-1-3-15(16)17/h1-5,7,9-10,19-22H,6,8,11-12H2. The Morgan fingerprint density at radius 1 is 0.909 bits per heavy atom. The van der Waals surface area contributed by atoms with E-state index in [9.17, 15) is 5.11 Å². The van der Waals surface area contributed by atoms with Gasteiger partial charge in [0.15, 0.2) is 0 Å². The summed E-state index contributed by atoms with van der Waals surface area (Å²) >= 11 is 0. The molecule has 0 aromatic heterocycles. The van der Waals surface area contributed by atoms with Crippen LogP contribution in [0.5, 0.6) is 5.75 Å². The number of aliphatic hydroxyl groups excluding tert-OH is 1. The maximum Gasteiger partial charge on any atom is 0.123 e. The minimum Gasteiger partial charge on any atom is -0.507 e. The monoisotopic (exact) mass is 296 g/mol. The van der Waals surface area contributed by atoms with Crippen LogP contribution in [0.25, 0.3) is 10.8 Å². The molecule has 2 aromatic carbocycles. The number of hydrogen-bond acceptors (Lipinski definition) is 4. The Morgan fingerprint density at radius 2 is 1.73 bits per heavy atom. The van der Waals surface area contributed by atoms with Gasteiger partial charge in [-0.25, -0.2) is 0 Å². The van der Waals surface area contributed by atoms with Gasteiger partial charge in [-0.15, -0.1) is 0 Å². The minimum absolute atomic E-state index is 0.209. The molecule has 0 heterocycles. The highest BCUT2D eigenvalue weighted by Gasteiger charge is 2.07. The van der Waals surface area contributed by atoms with Crippen molar-refractivity contribution in [1.29, 1.82) is 0 Å². The molecular weight excluding hydrogens is 276 g/mol. The molecule has 0 radical (unpaired) electrons. The third-order valence-electron chi connectivity index (χ3n) is 3.93. The molecule has 3 rings (SSSR count). The van der Waals surface area contributed by atoms with Crippen LogP contribution in [0.4, 0.5) is 5.69 Å². The smallest absolute Gasteiger partial charge is 0.123 e. The summed E-state index contributed by atoms with van der Waals surface area (Å²) in [5.41, 5.74) is 9.78. The van der Waals surface area contributed by atoms with Gasteiger partial charge in [0.1, 0.15) is 5.75 Å². The molecule has 2 aromatic rings. The number of aliphatic hydroxyl groups is 1.